The summed E-state index contributed by atoms with van der Waals surface area (Å²) >= 11 is 0. The van der Waals surface area contributed by atoms with Crippen LogP contribution in [0.5, 0.6) is 5.75 Å². The van der Waals surface area contributed by atoms with Crippen molar-refractivity contribution in [1.29, 1.82) is 0 Å². The lowest BCUT2D eigenvalue weighted by atomic mass is 9.72. The van der Waals surface area contributed by atoms with E-state index in [0.717, 1.165) is 70.1 Å². The molecular formula is C25H39Cl2F3N2O2. The fourth-order valence-corrected chi connectivity index (χ4v) is 6.01. The predicted octanol–water partition coefficient (Wildman–Crippen LogP) is 6.16. The van der Waals surface area contributed by atoms with Gasteiger partial charge in [-0.05, 0) is 82.4 Å². The van der Waals surface area contributed by atoms with Gasteiger partial charge in [0, 0.05) is 18.5 Å². The third-order valence-corrected chi connectivity index (χ3v) is 7.79. The molecular weight excluding hydrogens is 488 g/mol. The van der Waals surface area contributed by atoms with Crippen molar-refractivity contribution in [3.05, 3.63) is 29.8 Å². The van der Waals surface area contributed by atoms with Gasteiger partial charge < -0.3 is 19.6 Å². The largest absolute Gasteiger partial charge is 0.573 e. The molecule has 2 saturated heterocycles. The number of alkyl halides is 3. The van der Waals surface area contributed by atoms with Crippen molar-refractivity contribution in [3.8, 4) is 5.75 Å². The number of benzene rings is 1. The van der Waals surface area contributed by atoms with E-state index in [1.807, 2.05) is 0 Å². The molecule has 1 aromatic rings. The molecule has 4 nitrogen and oxygen atoms in total. The van der Waals surface area contributed by atoms with E-state index in [-0.39, 0.29) is 36.5 Å². The second-order valence-corrected chi connectivity index (χ2v) is 9.96. The molecule has 2 heterocycles. The number of ether oxygens (including phenoxy) is 1. The van der Waals surface area contributed by atoms with E-state index in [9.17, 15) is 18.3 Å². The molecule has 1 atom stereocenters. The van der Waals surface area contributed by atoms with Crippen LogP contribution in [0.2, 0.25) is 0 Å². The second-order valence-electron chi connectivity index (χ2n) is 9.96. The van der Waals surface area contributed by atoms with Crippen molar-refractivity contribution >= 4 is 24.8 Å². The SMILES string of the molecule is Cl.Cl.OC1(C(CN2CCC(N3CCCCC3)CC2)c2ccc(OC(F)(F)F)cc2)CCCCC1. The Balaban J connectivity index is 0.00000204. The fourth-order valence-electron chi connectivity index (χ4n) is 6.01. The number of piperidine rings is 2. The van der Waals surface area contributed by atoms with Gasteiger partial charge in [0.05, 0.1) is 5.60 Å². The Bertz CT molecular complexity index is 716. The molecule has 196 valence electrons. The van der Waals surface area contributed by atoms with Gasteiger partial charge in [-0.1, -0.05) is 37.8 Å². The van der Waals surface area contributed by atoms with Crippen LogP contribution in [0.4, 0.5) is 13.2 Å². The van der Waals surface area contributed by atoms with Gasteiger partial charge in [0.1, 0.15) is 5.75 Å². The van der Waals surface area contributed by atoms with Gasteiger partial charge in [-0.2, -0.15) is 0 Å². The number of halogens is 5. The molecule has 0 amide bonds. The molecule has 2 aliphatic heterocycles. The quantitative estimate of drug-likeness (QED) is 0.481. The molecule has 0 spiro atoms. The molecule has 0 bridgehead atoms. The highest BCUT2D eigenvalue weighted by atomic mass is 35.5. The van der Waals surface area contributed by atoms with Crippen LogP contribution in [0.15, 0.2) is 24.3 Å². The Morgan fingerprint density at radius 3 is 2.00 bits per heavy atom. The molecule has 9 heteroatoms. The molecule has 0 radical (unpaired) electrons. The first-order chi connectivity index (χ1) is 15.3. The summed E-state index contributed by atoms with van der Waals surface area (Å²) < 4.78 is 41.7. The Morgan fingerprint density at radius 1 is 0.882 bits per heavy atom. The van der Waals surface area contributed by atoms with Crippen molar-refractivity contribution in [2.75, 3.05) is 32.7 Å². The molecule has 1 aromatic carbocycles. The van der Waals surface area contributed by atoms with Crippen LogP contribution in [0, 0.1) is 0 Å². The predicted molar refractivity (Wildman–Crippen MR) is 133 cm³/mol. The first-order valence-electron chi connectivity index (χ1n) is 12.4. The summed E-state index contributed by atoms with van der Waals surface area (Å²) in [5.74, 6) is -0.313. The van der Waals surface area contributed by atoms with Crippen LogP contribution in [-0.2, 0) is 0 Å². The number of nitrogens with zero attached hydrogens (tertiary/aromatic N) is 2. The van der Waals surface area contributed by atoms with Crippen molar-refractivity contribution in [2.45, 2.75) is 88.1 Å². The third-order valence-electron chi connectivity index (χ3n) is 7.79. The molecule has 4 rings (SSSR count). The minimum Gasteiger partial charge on any atom is -0.406 e. The van der Waals surface area contributed by atoms with Gasteiger partial charge in [-0.15, -0.1) is 38.0 Å². The van der Waals surface area contributed by atoms with Gasteiger partial charge in [-0.3, -0.25) is 0 Å². The van der Waals surface area contributed by atoms with Gasteiger partial charge in [-0.25, -0.2) is 0 Å². The molecule has 3 fully saturated rings. The van der Waals surface area contributed by atoms with E-state index in [1.54, 1.807) is 12.1 Å². The van der Waals surface area contributed by atoms with E-state index >= 15 is 0 Å². The van der Waals surface area contributed by atoms with Crippen LogP contribution < -0.4 is 4.74 Å². The summed E-state index contributed by atoms with van der Waals surface area (Å²) in [6, 6.07) is 6.84. The van der Waals surface area contributed by atoms with E-state index in [2.05, 4.69) is 14.5 Å². The molecule has 34 heavy (non-hydrogen) atoms. The molecule has 1 aliphatic carbocycles. The summed E-state index contributed by atoms with van der Waals surface area (Å²) in [5.41, 5.74) is 0.107. The van der Waals surface area contributed by atoms with E-state index in [0.29, 0.717) is 6.04 Å². The van der Waals surface area contributed by atoms with E-state index in [4.69, 9.17) is 0 Å². The van der Waals surface area contributed by atoms with Crippen LogP contribution in [-0.4, -0.2) is 65.6 Å². The number of hydrogen-bond acceptors (Lipinski definition) is 4. The highest BCUT2D eigenvalue weighted by Gasteiger charge is 2.40. The van der Waals surface area contributed by atoms with Crippen LogP contribution >= 0.6 is 24.8 Å². The number of aliphatic hydroxyl groups is 1. The minimum atomic E-state index is -4.69. The Morgan fingerprint density at radius 2 is 1.44 bits per heavy atom. The molecule has 3 aliphatic rings. The normalized spacial score (nSPS) is 23.4. The molecule has 1 unspecified atom stereocenters. The van der Waals surface area contributed by atoms with Crippen molar-refractivity contribution < 1.29 is 23.0 Å². The van der Waals surface area contributed by atoms with Crippen LogP contribution in [0.25, 0.3) is 0 Å². The topological polar surface area (TPSA) is 35.9 Å². The zero-order valence-corrected chi connectivity index (χ0v) is 21.4. The van der Waals surface area contributed by atoms with Crippen LogP contribution in [0.1, 0.15) is 75.7 Å². The smallest absolute Gasteiger partial charge is 0.406 e. The number of hydrogen-bond donors (Lipinski definition) is 1. The summed E-state index contributed by atoms with van der Waals surface area (Å²) in [5, 5.41) is 11.6. The summed E-state index contributed by atoms with van der Waals surface area (Å²) in [6.45, 7) is 5.23. The summed E-state index contributed by atoms with van der Waals surface area (Å²) in [4.78, 5) is 5.12. The summed E-state index contributed by atoms with van der Waals surface area (Å²) in [7, 11) is 0. The van der Waals surface area contributed by atoms with Gasteiger partial charge in [0.15, 0.2) is 0 Å². The second kappa shape index (κ2) is 13.0. The Kier molecular flexibility index (Phi) is 11.3. The number of rotatable bonds is 6. The van der Waals surface area contributed by atoms with Gasteiger partial charge in [0.2, 0.25) is 0 Å². The lowest BCUT2D eigenvalue weighted by Gasteiger charge is -2.44. The lowest BCUT2D eigenvalue weighted by molar-refractivity contribution is -0.274. The Labute approximate surface area is 214 Å². The molecule has 1 saturated carbocycles. The average molecular weight is 527 g/mol. The molecule has 0 aromatic heterocycles. The first kappa shape index (κ1) is 29.5. The lowest BCUT2D eigenvalue weighted by Crippen LogP contribution is -2.50. The van der Waals surface area contributed by atoms with Crippen molar-refractivity contribution in [2.24, 2.45) is 0 Å². The zero-order valence-electron chi connectivity index (χ0n) is 19.8. The van der Waals surface area contributed by atoms with Crippen molar-refractivity contribution in [3.63, 3.8) is 0 Å². The maximum absolute atomic E-state index is 12.6. The summed E-state index contributed by atoms with van der Waals surface area (Å²) in [6.07, 6.45) is 6.22. The minimum absolute atomic E-state index is 0. The van der Waals surface area contributed by atoms with E-state index < -0.39 is 12.0 Å². The van der Waals surface area contributed by atoms with Gasteiger partial charge in [0.25, 0.3) is 0 Å². The maximum atomic E-state index is 12.6. The third kappa shape index (κ3) is 7.89. The highest BCUT2D eigenvalue weighted by Crippen LogP contribution is 2.41. The standard InChI is InChI=1S/C25H37F3N2O2.2ClH/c26-25(27,28)32-22-9-7-20(8-10-22)23(24(31)13-3-1-4-14-24)19-29-17-11-21(12-18-29)30-15-5-2-6-16-30;;/h7-10,21,23,31H,1-6,11-19H2;2*1H. The fraction of sp³-hybridized carbons (Fsp3) is 0.760. The monoisotopic (exact) mass is 526 g/mol. The number of likely N-dealkylation sites (tertiary alicyclic amines) is 2. The highest BCUT2D eigenvalue weighted by molar-refractivity contribution is 5.85. The average Bonchev–Trinajstić information content (AvgIpc) is 2.79. The first-order valence-corrected chi connectivity index (χ1v) is 12.4. The van der Waals surface area contributed by atoms with Crippen LogP contribution in [0.3, 0.4) is 0 Å². The van der Waals surface area contributed by atoms with Gasteiger partial charge >= 0.3 is 6.36 Å². The van der Waals surface area contributed by atoms with Crippen molar-refractivity contribution in [1.82, 2.24) is 9.80 Å². The molecule has 1 N–H and O–H groups in total. The maximum Gasteiger partial charge on any atom is 0.573 e. The zero-order chi connectivity index (χ0) is 22.6. The van der Waals surface area contributed by atoms with E-state index in [1.165, 1.54) is 44.5 Å². The Hall–Kier alpha value is -0.730.